The zero-order valence-corrected chi connectivity index (χ0v) is 8.12. The number of aromatic amines is 1. The minimum absolute atomic E-state index is 0.0442. The van der Waals surface area contributed by atoms with Gasteiger partial charge >= 0.3 is 0 Å². The molecule has 0 radical (unpaired) electrons. The number of hydrogen-bond acceptors (Lipinski definition) is 2. The van der Waals surface area contributed by atoms with Gasteiger partial charge in [-0.2, -0.15) is 5.10 Å². The van der Waals surface area contributed by atoms with Crippen LogP contribution in [0.4, 0.5) is 0 Å². The van der Waals surface area contributed by atoms with E-state index < -0.39 is 0 Å². The van der Waals surface area contributed by atoms with Gasteiger partial charge in [-0.15, -0.1) is 0 Å². The number of benzene rings is 1. The first-order valence-corrected chi connectivity index (χ1v) is 4.59. The smallest absolute Gasteiger partial charge is 0.0939 e. The average molecular weight is 209 g/mol. The number of H-pyrrole nitrogens is 1. The van der Waals surface area contributed by atoms with Gasteiger partial charge in [0.1, 0.15) is 0 Å². The van der Waals surface area contributed by atoms with Crippen molar-refractivity contribution >= 4 is 11.6 Å². The van der Waals surface area contributed by atoms with Gasteiger partial charge in [0.2, 0.25) is 0 Å². The van der Waals surface area contributed by atoms with Crippen molar-refractivity contribution in [3.8, 4) is 11.3 Å². The Morgan fingerprint density at radius 2 is 2.14 bits per heavy atom. The molecule has 72 valence electrons. The summed E-state index contributed by atoms with van der Waals surface area (Å²) < 4.78 is 0. The van der Waals surface area contributed by atoms with Gasteiger partial charge < -0.3 is 5.11 Å². The predicted molar refractivity (Wildman–Crippen MR) is 55.0 cm³/mol. The van der Waals surface area contributed by atoms with Crippen molar-refractivity contribution in [1.82, 2.24) is 10.2 Å². The number of aliphatic hydroxyl groups is 1. The van der Waals surface area contributed by atoms with Crippen LogP contribution in [-0.2, 0) is 6.61 Å². The number of nitrogens with one attached hydrogen (secondary N) is 1. The zero-order chi connectivity index (χ0) is 9.97. The third kappa shape index (κ3) is 1.64. The summed E-state index contributed by atoms with van der Waals surface area (Å²) in [6, 6.07) is 9.24. The fourth-order valence-corrected chi connectivity index (χ4v) is 1.48. The van der Waals surface area contributed by atoms with E-state index in [0.717, 1.165) is 11.3 Å². The highest BCUT2D eigenvalue weighted by Crippen LogP contribution is 2.25. The second-order valence-electron chi connectivity index (χ2n) is 2.92. The second-order valence-corrected chi connectivity index (χ2v) is 3.32. The first-order chi connectivity index (χ1) is 6.81. The quantitative estimate of drug-likeness (QED) is 0.795. The summed E-state index contributed by atoms with van der Waals surface area (Å²) in [6.07, 6.45) is 0. The molecule has 0 atom stereocenters. The molecule has 0 bridgehead atoms. The molecule has 0 aliphatic carbocycles. The zero-order valence-electron chi connectivity index (χ0n) is 7.37. The van der Waals surface area contributed by atoms with Crippen LogP contribution in [0.5, 0.6) is 0 Å². The molecule has 3 nitrogen and oxygen atoms in total. The monoisotopic (exact) mass is 208 g/mol. The van der Waals surface area contributed by atoms with Gasteiger partial charge in [0.25, 0.3) is 0 Å². The van der Waals surface area contributed by atoms with Gasteiger partial charge in [-0.05, 0) is 12.1 Å². The number of rotatable bonds is 2. The molecule has 0 aliphatic rings. The van der Waals surface area contributed by atoms with Crippen LogP contribution in [0.2, 0.25) is 5.02 Å². The molecule has 2 N–H and O–H groups in total. The summed E-state index contributed by atoms with van der Waals surface area (Å²) in [7, 11) is 0. The molecule has 0 fully saturated rings. The van der Waals surface area contributed by atoms with Gasteiger partial charge in [0.05, 0.1) is 23.0 Å². The van der Waals surface area contributed by atoms with Crippen LogP contribution in [0, 0.1) is 0 Å². The molecule has 1 aromatic heterocycles. The minimum atomic E-state index is -0.0442. The lowest BCUT2D eigenvalue weighted by atomic mass is 10.1. The molecular weight excluding hydrogens is 200 g/mol. The second kappa shape index (κ2) is 3.82. The molecule has 2 aromatic rings. The third-order valence-corrected chi connectivity index (χ3v) is 2.28. The van der Waals surface area contributed by atoms with E-state index in [0.29, 0.717) is 10.7 Å². The maximum Gasteiger partial charge on any atom is 0.0939 e. The molecule has 0 saturated carbocycles. The Labute approximate surface area is 86.3 Å². The Bertz CT molecular complexity index is 439. The minimum Gasteiger partial charge on any atom is -0.390 e. The summed E-state index contributed by atoms with van der Waals surface area (Å²) in [5.41, 5.74) is 2.30. The number of hydrogen-bond donors (Lipinski definition) is 2. The van der Waals surface area contributed by atoms with Crippen molar-refractivity contribution in [2.24, 2.45) is 0 Å². The third-order valence-electron chi connectivity index (χ3n) is 1.95. The standard InChI is InChI=1S/C10H9ClN2O/c11-9-4-2-1-3-8(9)10-5-7(6-14)12-13-10/h1-5,14H,6H2,(H,12,13). The normalized spacial score (nSPS) is 10.4. The lowest BCUT2D eigenvalue weighted by molar-refractivity contribution is 0.276. The molecule has 2 rings (SSSR count). The van der Waals surface area contributed by atoms with Gasteiger partial charge in [-0.3, -0.25) is 5.10 Å². The van der Waals surface area contributed by atoms with E-state index in [1.54, 1.807) is 6.07 Å². The Morgan fingerprint density at radius 1 is 1.36 bits per heavy atom. The van der Waals surface area contributed by atoms with Gasteiger partial charge in [0.15, 0.2) is 0 Å². The largest absolute Gasteiger partial charge is 0.390 e. The van der Waals surface area contributed by atoms with Crippen molar-refractivity contribution in [3.05, 3.63) is 41.0 Å². The molecule has 4 heteroatoms. The summed E-state index contributed by atoms with van der Waals surface area (Å²) >= 11 is 5.99. The van der Waals surface area contributed by atoms with Gasteiger partial charge in [-0.1, -0.05) is 29.8 Å². The van der Waals surface area contributed by atoms with Crippen molar-refractivity contribution < 1.29 is 5.11 Å². The van der Waals surface area contributed by atoms with Crippen LogP contribution < -0.4 is 0 Å². The molecule has 1 heterocycles. The van der Waals surface area contributed by atoms with Crippen LogP contribution >= 0.6 is 11.6 Å². The summed E-state index contributed by atoms with van der Waals surface area (Å²) in [4.78, 5) is 0. The van der Waals surface area contributed by atoms with E-state index in [9.17, 15) is 0 Å². The Hall–Kier alpha value is -1.32. The molecule has 0 spiro atoms. The SMILES string of the molecule is OCc1cc(-c2ccccc2Cl)n[nH]1. The van der Waals surface area contributed by atoms with E-state index in [1.165, 1.54) is 0 Å². The Morgan fingerprint density at radius 3 is 2.79 bits per heavy atom. The average Bonchev–Trinajstić information content (AvgIpc) is 2.67. The van der Waals surface area contributed by atoms with Crippen LogP contribution in [0.1, 0.15) is 5.69 Å². The van der Waals surface area contributed by atoms with E-state index in [2.05, 4.69) is 10.2 Å². The first-order valence-electron chi connectivity index (χ1n) is 4.21. The van der Waals surface area contributed by atoms with Crippen LogP contribution in [0.3, 0.4) is 0 Å². The summed E-state index contributed by atoms with van der Waals surface area (Å²) in [5, 5.41) is 16.3. The predicted octanol–water partition coefficient (Wildman–Crippen LogP) is 2.22. The summed E-state index contributed by atoms with van der Waals surface area (Å²) in [6.45, 7) is -0.0442. The molecule has 14 heavy (non-hydrogen) atoms. The van der Waals surface area contributed by atoms with Crippen LogP contribution in [0.15, 0.2) is 30.3 Å². The lowest BCUT2D eigenvalue weighted by Crippen LogP contribution is -1.79. The van der Waals surface area contributed by atoms with E-state index in [-0.39, 0.29) is 6.61 Å². The maximum atomic E-state index is 8.86. The van der Waals surface area contributed by atoms with Gasteiger partial charge in [-0.25, -0.2) is 0 Å². The topological polar surface area (TPSA) is 48.9 Å². The summed E-state index contributed by atoms with van der Waals surface area (Å²) in [5.74, 6) is 0. The fraction of sp³-hybridized carbons (Fsp3) is 0.100. The van der Waals surface area contributed by atoms with Crippen molar-refractivity contribution in [2.45, 2.75) is 6.61 Å². The van der Waals surface area contributed by atoms with Crippen LogP contribution in [0.25, 0.3) is 11.3 Å². The number of aromatic nitrogens is 2. The van der Waals surface area contributed by atoms with Gasteiger partial charge in [0, 0.05) is 5.56 Å². The number of halogens is 1. The Balaban J connectivity index is 2.44. The van der Waals surface area contributed by atoms with E-state index >= 15 is 0 Å². The molecule has 0 amide bonds. The van der Waals surface area contributed by atoms with Crippen LogP contribution in [-0.4, -0.2) is 15.3 Å². The highest BCUT2D eigenvalue weighted by molar-refractivity contribution is 6.33. The fourth-order valence-electron chi connectivity index (χ4n) is 1.25. The van der Waals surface area contributed by atoms with E-state index in [4.69, 9.17) is 16.7 Å². The maximum absolute atomic E-state index is 8.86. The first kappa shape index (κ1) is 9.24. The number of nitrogens with zero attached hydrogens (tertiary/aromatic N) is 1. The van der Waals surface area contributed by atoms with Crippen molar-refractivity contribution in [2.75, 3.05) is 0 Å². The molecule has 1 aromatic carbocycles. The Kier molecular flexibility index (Phi) is 2.52. The lowest BCUT2D eigenvalue weighted by Gasteiger charge is -1.97. The molecule has 0 saturated heterocycles. The molecular formula is C10H9ClN2O. The molecule has 0 aliphatic heterocycles. The highest BCUT2D eigenvalue weighted by Gasteiger charge is 2.06. The number of aliphatic hydroxyl groups excluding tert-OH is 1. The van der Waals surface area contributed by atoms with E-state index in [1.807, 2.05) is 24.3 Å². The van der Waals surface area contributed by atoms with Crippen molar-refractivity contribution in [3.63, 3.8) is 0 Å². The highest BCUT2D eigenvalue weighted by atomic mass is 35.5. The molecule has 0 unspecified atom stereocenters. The van der Waals surface area contributed by atoms with Crippen molar-refractivity contribution in [1.29, 1.82) is 0 Å².